The Morgan fingerprint density at radius 3 is 2.62 bits per heavy atom. The van der Waals surface area contributed by atoms with Crippen molar-refractivity contribution in [1.82, 2.24) is 9.78 Å². The molecule has 1 aromatic carbocycles. The Morgan fingerprint density at radius 2 is 2.04 bits per heavy atom. The molecular weight excluding hydrogens is 381 g/mol. The molecule has 0 bridgehead atoms. The minimum Gasteiger partial charge on any atom is -0.449 e. The summed E-state index contributed by atoms with van der Waals surface area (Å²) in [5.74, 6) is -1.84. The van der Waals surface area contributed by atoms with Gasteiger partial charge in [-0.1, -0.05) is 0 Å². The Kier molecular flexibility index (Phi) is 5.38. The first-order chi connectivity index (χ1) is 11.2. The number of nitrogens with one attached hydrogen (secondary N) is 1. The van der Waals surface area contributed by atoms with Crippen LogP contribution >= 0.6 is 15.9 Å². The van der Waals surface area contributed by atoms with Crippen molar-refractivity contribution in [1.29, 1.82) is 0 Å². The van der Waals surface area contributed by atoms with Gasteiger partial charge in [-0.3, -0.25) is 9.48 Å². The molecule has 0 aliphatic carbocycles. The summed E-state index contributed by atoms with van der Waals surface area (Å²) < 4.78 is 20.4. The summed E-state index contributed by atoms with van der Waals surface area (Å²) in [4.78, 5) is 24.3. The van der Waals surface area contributed by atoms with E-state index in [1.807, 2.05) is 6.92 Å². The highest BCUT2D eigenvalue weighted by atomic mass is 79.9. The Hall–Kier alpha value is -2.22. The number of aryl methyl sites for hydroxylation is 2. The number of rotatable bonds is 4. The molecule has 1 N–H and O–H groups in total. The fourth-order valence-electron chi connectivity index (χ4n) is 2.11. The van der Waals surface area contributed by atoms with Crippen molar-refractivity contribution in [2.45, 2.75) is 26.9 Å². The van der Waals surface area contributed by atoms with Crippen molar-refractivity contribution in [3.05, 3.63) is 45.4 Å². The number of benzene rings is 1. The summed E-state index contributed by atoms with van der Waals surface area (Å²) in [6.07, 6.45) is -1.05. The van der Waals surface area contributed by atoms with Crippen molar-refractivity contribution in [3.63, 3.8) is 0 Å². The van der Waals surface area contributed by atoms with E-state index in [0.29, 0.717) is 15.9 Å². The number of carbonyl (C=O) groups is 2. The van der Waals surface area contributed by atoms with Gasteiger partial charge in [-0.2, -0.15) is 5.10 Å². The maximum absolute atomic E-state index is 13.3. The zero-order valence-corrected chi connectivity index (χ0v) is 15.3. The van der Waals surface area contributed by atoms with Gasteiger partial charge in [0.1, 0.15) is 5.82 Å². The van der Waals surface area contributed by atoms with Gasteiger partial charge in [0, 0.05) is 11.5 Å². The monoisotopic (exact) mass is 397 g/mol. The summed E-state index contributed by atoms with van der Waals surface area (Å²) in [5, 5.41) is 6.90. The lowest BCUT2D eigenvalue weighted by molar-refractivity contribution is -0.123. The predicted molar refractivity (Wildman–Crippen MR) is 90.3 cm³/mol. The van der Waals surface area contributed by atoms with E-state index in [1.54, 1.807) is 18.7 Å². The van der Waals surface area contributed by atoms with E-state index in [2.05, 4.69) is 26.3 Å². The first kappa shape index (κ1) is 18.1. The number of ether oxygens (including phenoxy) is 1. The lowest BCUT2D eigenvalue weighted by atomic mass is 10.2. The third-order valence-corrected chi connectivity index (χ3v) is 4.25. The number of amides is 1. The third kappa shape index (κ3) is 3.81. The smallest absolute Gasteiger partial charge is 0.340 e. The molecule has 128 valence electrons. The van der Waals surface area contributed by atoms with Crippen LogP contribution in [0.3, 0.4) is 0 Å². The Balaban J connectivity index is 2.08. The van der Waals surface area contributed by atoms with Gasteiger partial charge in [0.2, 0.25) is 0 Å². The van der Waals surface area contributed by atoms with Gasteiger partial charge in [0.05, 0.1) is 22.6 Å². The van der Waals surface area contributed by atoms with Gasteiger partial charge >= 0.3 is 5.97 Å². The van der Waals surface area contributed by atoms with Crippen LogP contribution in [0.15, 0.2) is 22.7 Å². The highest BCUT2D eigenvalue weighted by molar-refractivity contribution is 9.10. The molecule has 8 heteroatoms. The zero-order chi connectivity index (χ0) is 18.0. The summed E-state index contributed by atoms with van der Waals surface area (Å²) in [5.41, 5.74) is 2.04. The largest absolute Gasteiger partial charge is 0.449 e. The minimum atomic E-state index is -1.05. The van der Waals surface area contributed by atoms with Crippen LogP contribution in [0.25, 0.3) is 0 Å². The fraction of sp³-hybridized carbons (Fsp3) is 0.312. The minimum absolute atomic E-state index is 0.0170. The zero-order valence-electron chi connectivity index (χ0n) is 13.7. The molecular formula is C16H17BrFN3O3. The number of hydrogen-bond donors (Lipinski definition) is 1. The number of carbonyl (C=O) groups excluding carboxylic acids is 2. The molecule has 0 radical (unpaired) electrons. The van der Waals surface area contributed by atoms with Crippen molar-refractivity contribution in [2.24, 2.45) is 7.05 Å². The van der Waals surface area contributed by atoms with E-state index in [1.165, 1.54) is 19.1 Å². The maximum Gasteiger partial charge on any atom is 0.340 e. The van der Waals surface area contributed by atoms with E-state index in [-0.39, 0.29) is 5.56 Å². The number of hydrogen-bond acceptors (Lipinski definition) is 4. The molecule has 2 rings (SSSR count). The molecule has 6 nitrogen and oxygen atoms in total. The molecule has 1 heterocycles. The van der Waals surface area contributed by atoms with Crippen molar-refractivity contribution in [3.8, 4) is 0 Å². The molecule has 1 atom stereocenters. The number of esters is 1. The van der Waals surface area contributed by atoms with Gasteiger partial charge in [0.25, 0.3) is 5.91 Å². The topological polar surface area (TPSA) is 73.2 Å². The first-order valence-corrected chi connectivity index (χ1v) is 7.97. The normalized spacial score (nSPS) is 11.9. The second-order valence-electron chi connectivity index (χ2n) is 5.33. The lowest BCUT2D eigenvalue weighted by Gasteiger charge is -2.14. The summed E-state index contributed by atoms with van der Waals surface area (Å²) in [6, 6.07) is 3.66. The highest BCUT2D eigenvalue weighted by Crippen LogP contribution is 2.21. The Bertz CT molecular complexity index is 804. The van der Waals surface area contributed by atoms with Crippen LogP contribution in [-0.4, -0.2) is 27.8 Å². The van der Waals surface area contributed by atoms with Crippen molar-refractivity contribution in [2.75, 3.05) is 5.32 Å². The number of nitrogens with zero attached hydrogens (tertiary/aromatic N) is 2. The van der Waals surface area contributed by atoms with E-state index in [0.717, 1.165) is 11.8 Å². The van der Waals surface area contributed by atoms with Crippen LogP contribution in [0, 0.1) is 19.7 Å². The second kappa shape index (κ2) is 7.12. The molecule has 0 unspecified atom stereocenters. The van der Waals surface area contributed by atoms with Gasteiger partial charge < -0.3 is 10.1 Å². The number of halogens is 2. The average Bonchev–Trinajstić information content (AvgIpc) is 2.75. The van der Waals surface area contributed by atoms with E-state index >= 15 is 0 Å². The second-order valence-corrected chi connectivity index (χ2v) is 6.18. The summed E-state index contributed by atoms with van der Waals surface area (Å²) in [6.45, 7) is 5.03. The molecule has 0 aliphatic heterocycles. The van der Waals surface area contributed by atoms with Crippen LogP contribution in [0.2, 0.25) is 0 Å². The van der Waals surface area contributed by atoms with Gasteiger partial charge in [-0.05, 0) is 54.9 Å². The molecule has 0 saturated heterocycles. The van der Waals surface area contributed by atoms with Crippen LogP contribution < -0.4 is 5.32 Å². The van der Waals surface area contributed by atoms with Crippen molar-refractivity contribution < 1.29 is 18.7 Å². The molecule has 0 spiro atoms. The molecule has 1 amide bonds. The Morgan fingerprint density at radius 1 is 1.38 bits per heavy atom. The molecule has 0 saturated carbocycles. The first-order valence-electron chi connectivity index (χ1n) is 7.17. The summed E-state index contributed by atoms with van der Waals surface area (Å²) >= 11 is 3.15. The third-order valence-electron chi connectivity index (χ3n) is 3.56. The van der Waals surface area contributed by atoms with Crippen LogP contribution in [0.1, 0.15) is 28.7 Å². The van der Waals surface area contributed by atoms with Crippen molar-refractivity contribution >= 4 is 33.5 Å². The molecule has 2 aromatic rings. The summed E-state index contributed by atoms with van der Waals surface area (Å²) in [7, 11) is 1.77. The van der Waals surface area contributed by atoms with Crippen LogP contribution in [0.5, 0.6) is 0 Å². The highest BCUT2D eigenvalue weighted by Gasteiger charge is 2.22. The Labute approximate surface area is 147 Å². The molecule has 0 fully saturated rings. The number of anilines is 1. The van der Waals surface area contributed by atoms with Gasteiger partial charge in [-0.25, -0.2) is 9.18 Å². The lowest BCUT2D eigenvalue weighted by Crippen LogP contribution is -2.30. The van der Waals surface area contributed by atoms with Gasteiger partial charge in [-0.15, -0.1) is 0 Å². The standard InChI is InChI=1S/C16H17BrFN3O3/c1-8-14(9(2)21(4)20-8)19-15(22)10(3)24-16(23)12-7-11(18)5-6-13(12)17/h5-7,10H,1-4H3,(H,19,22)/t10-/m1/s1. The van der Waals surface area contributed by atoms with E-state index in [9.17, 15) is 14.0 Å². The molecule has 1 aromatic heterocycles. The fourth-order valence-corrected chi connectivity index (χ4v) is 2.52. The average molecular weight is 398 g/mol. The van der Waals surface area contributed by atoms with E-state index in [4.69, 9.17) is 4.74 Å². The SMILES string of the molecule is Cc1nn(C)c(C)c1NC(=O)[C@@H](C)OC(=O)c1cc(F)ccc1Br. The van der Waals surface area contributed by atoms with E-state index < -0.39 is 23.8 Å². The molecule has 24 heavy (non-hydrogen) atoms. The van der Waals surface area contributed by atoms with Crippen LogP contribution in [0.4, 0.5) is 10.1 Å². The number of aromatic nitrogens is 2. The van der Waals surface area contributed by atoms with Gasteiger partial charge in [0.15, 0.2) is 6.10 Å². The maximum atomic E-state index is 13.3. The quantitative estimate of drug-likeness (QED) is 0.804. The predicted octanol–water partition coefficient (Wildman–Crippen LogP) is 3.12. The molecule has 0 aliphatic rings. The van der Waals surface area contributed by atoms with Crippen LogP contribution in [-0.2, 0) is 16.6 Å².